The highest BCUT2D eigenvalue weighted by Gasteiger charge is 2.25. The fourth-order valence-corrected chi connectivity index (χ4v) is 2.83. The molecule has 1 aromatic heterocycles. The first-order valence-corrected chi connectivity index (χ1v) is 6.41. The molecule has 5 heteroatoms. The zero-order valence-corrected chi connectivity index (χ0v) is 9.96. The Balaban J connectivity index is 2.07. The van der Waals surface area contributed by atoms with E-state index in [0.29, 0.717) is 6.04 Å². The predicted molar refractivity (Wildman–Crippen MR) is 63.3 cm³/mol. The monoisotopic (exact) mass is 226 g/mol. The first-order chi connectivity index (χ1) is 7.35. The summed E-state index contributed by atoms with van der Waals surface area (Å²) in [6.07, 6.45) is 4.51. The summed E-state index contributed by atoms with van der Waals surface area (Å²) >= 11 is 1.52. The Morgan fingerprint density at radius 3 is 3.20 bits per heavy atom. The first kappa shape index (κ1) is 10.8. The normalized spacial score (nSPS) is 21.2. The zero-order chi connectivity index (χ0) is 10.7. The fraction of sp³-hybridized carbons (Fsp3) is 0.800. The highest BCUT2D eigenvalue weighted by atomic mass is 32.1. The maximum absolute atomic E-state index is 5.74. The van der Waals surface area contributed by atoms with E-state index in [4.69, 9.17) is 5.73 Å². The molecule has 0 radical (unpaired) electrons. The van der Waals surface area contributed by atoms with Crippen LogP contribution in [-0.4, -0.2) is 28.5 Å². The van der Waals surface area contributed by atoms with Crippen LogP contribution in [0.25, 0.3) is 0 Å². The maximum atomic E-state index is 5.74. The second kappa shape index (κ2) is 4.90. The molecule has 0 saturated carbocycles. The molecule has 0 bridgehead atoms. The van der Waals surface area contributed by atoms with Crippen LogP contribution in [0.1, 0.15) is 32.0 Å². The Bertz CT molecular complexity index is 312. The molecule has 1 fully saturated rings. The number of rotatable bonds is 4. The molecular formula is C10H18N4S. The van der Waals surface area contributed by atoms with Crippen molar-refractivity contribution in [1.29, 1.82) is 0 Å². The second-order valence-corrected chi connectivity index (χ2v) is 4.70. The summed E-state index contributed by atoms with van der Waals surface area (Å²) in [5.41, 5.74) is 5.74. The van der Waals surface area contributed by atoms with Gasteiger partial charge >= 0.3 is 0 Å². The highest BCUT2D eigenvalue weighted by Crippen LogP contribution is 2.26. The third kappa shape index (κ3) is 2.29. The van der Waals surface area contributed by atoms with Gasteiger partial charge in [-0.25, -0.2) is 4.98 Å². The molecular weight excluding hydrogens is 208 g/mol. The van der Waals surface area contributed by atoms with Crippen LogP contribution >= 0.6 is 11.5 Å². The zero-order valence-electron chi connectivity index (χ0n) is 9.15. The average Bonchev–Trinajstić information content (AvgIpc) is 2.84. The molecule has 1 atom stereocenters. The van der Waals surface area contributed by atoms with Gasteiger partial charge in [-0.3, -0.25) is 0 Å². The molecule has 0 aromatic carbocycles. The Kier molecular flexibility index (Phi) is 3.53. The Labute approximate surface area is 94.7 Å². The molecule has 1 unspecified atom stereocenters. The summed E-state index contributed by atoms with van der Waals surface area (Å²) in [5, 5.41) is 1.06. The van der Waals surface area contributed by atoms with Gasteiger partial charge < -0.3 is 10.6 Å². The number of nitrogens with two attached hydrogens (primary N) is 1. The van der Waals surface area contributed by atoms with Crippen molar-refractivity contribution in [2.24, 2.45) is 5.73 Å². The Morgan fingerprint density at radius 1 is 1.60 bits per heavy atom. The molecule has 0 aliphatic carbocycles. The molecule has 1 aliphatic heterocycles. The number of hydrogen-bond acceptors (Lipinski definition) is 5. The lowest BCUT2D eigenvalue weighted by atomic mass is 10.2. The fourth-order valence-electron chi connectivity index (χ4n) is 2.02. The number of aromatic nitrogens is 2. The van der Waals surface area contributed by atoms with Gasteiger partial charge in [0.1, 0.15) is 5.82 Å². The predicted octanol–water partition coefficient (Wildman–Crippen LogP) is 1.42. The smallest absolute Gasteiger partial charge is 0.205 e. The van der Waals surface area contributed by atoms with Gasteiger partial charge in [0.25, 0.3) is 0 Å². The summed E-state index contributed by atoms with van der Waals surface area (Å²) in [6.45, 7) is 3.96. The van der Waals surface area contributed by atoms with E-state index >= 15 is 0 Å². The van der Waals surface area contributed by atoms with Crippen molar-refractivity contribution in [3.05, 3.63) is 5.82 Å². The van der Waals surface area contributed by atoms with E-state index in [0.717, 1.165) is 36.9 Å². The van der Waals surface area contributed by atoms with Gasteiger partial charge in [0, 0.05) is 37.1 Å². The standard InChI is InChI=1S/C10H18N4S/c1-2-4-9-12-10(15-13-9)14-6-3-5-8(14)7-11/h8H,2-7,11H2,1H3. The van der Waals surface area contributed by atoms with Gasteiger partial charge in [-0.2, -0.15) is 4.37 Å². The minimum Gasteiger partial charge on any atom is -0.343 e. The number of anilines is 1. The van der Waals surface area contributed by atoms with Crippen LogP contribution in [0.15, 0.2) is 0 Å². The highest BCUT2D eigenvalue weighted by molar-refractivity contribution is 7.09. The van der Waals surface area contributed by atoms with Crippen molar-refractivity contribution in [3.63, 3.8) is 0 Å². The quantitative estimate of drug-likeness (QED) is 0.843. The summed E-state index contributed by atoms with van der Waals surface area (Å²) in [7, 11) is 0. The molecule has 0 spiro atoms. The lowest BCUT2D eigenvalue weighted by Crippen LogP contribution is -2.35. The summed E-state index contributed by atoms with van der Waals surface area (Å²) < 4.78 is 4.37. The SMILES string of the molecule is CCCc1nsc(N2CCCC2CN)n1. The molecule has 84 valence electrons. The summed E-state index contributed by atoms with van der Waals surface area (Å²) in [4.78, 5) is 6.87. The third-order valence-corrected chi connectivity index (χ3v) is 3.62. The van der Waals surface area contributed by atoms with E-state index in [1.54, 1.807) is 0 Å². The topological polar surface area (TPSA) is 55.0 Å². The lowest BCUT2D eigenvalue weighted by Gasteiger charge is -2.21. The molecule has 1 aliphatic rings. The van der Waals surface area contributed by atoms with Crippen LogP contribution in [0, 0.1) is 0 Å². The van der Waals surface area contributed by atoms with Gasteiger partial charge in [0.05, 0.1) is 0 Å². The van der Waals surface area contributed by atoms with Crippen LogP contribution in [-0.2, 0) is 6.42 Å². The third-order valence-electron chi connectivity index (χ3n) is 2.83. The van der Waals surface area contributed by atoms with Crippen LogP contribution in [0.3, 0.4) is 0 Å². The lowest BCUT2D eigenvalue weighted by molar-refractivity contribution is 0.674. The molecule has 4 nitrogen and oxygen atoms in total. The molecule has 1 saturated heterocycles. The average molecular weight is 226 g/mol. The summed E-state index contributed by atoms with van der Waals surface area (Å²) in [6, 6.07) is 0.479. The van der Waals surface area contributed by atoms with E-state index in [-0.39, 0.29) is 0 Å². The maximum Gasteiger partial charge on any atom is 0.205 e. The van der Waals surface area contributed by atoms with E-state index in [2.05, 4.69) is 21.2 Å². The van der Waals surface area contributed by atoms with Crippen LogP contribution in [0.5, 0.6) is 0 Å². The van der Waals surface area contributed by atoms with Crippen molar-refractivity contribution in [3.8, 4) is 0 Å². The van der Waals surface area contributed by atoms with Crippen LogP contribution in [0.4, 0.5) is 5.13 Å². The van der Waals surface area contributed by atoms with Crippen molar-refractivity contribution in [2.75, 3.05) is 18.0 Å². The Hall–Kier alpha value is -0.680. The van der Waals surface area contributed by atoms with Crippen molar-refractivity contribution in [2.45, 2.75) is 38.6 Å². The molecule has 2 heterocycles. The number of aryl methyl sites for hydroxylation is 1. The number of hydrogen-bond donors (Lipinski definition) is 1. The van der Waals surface area contributed by atoms with E-state index < -0.39 is 0 Å². The van der Waals surface area contributed by atoms with Crippen LogP contribution in [0.2, 0.25) is 0 Å². The largest absolute Gasteiger partial charge is 0.343 e. The minimum absolute atomic E-state index is 0.479. The van der Waals surface area contributed by atoms with Crippen molar-refractivity contribution in [1.82, 2.24) is 9.36 Å². The second-order valence-electron chi connectivity index (χ2n) is 3.97. The van der Waals surface area contributed by atoms with Crippen molar-refractivity contribution < 1.29 is 0 Å². The van der Waals surface area contributed by atoms with E-state index in [9.17, 15) is 0 Å². The van der Waals surface area contributed by atoms with E-state index in [1.165, 1.54) is 24.4 Å². The Morgan fingerprint density at radius 2 is 2.47 bits per heavy atom. The molecule has 0 amide bonds. The van der Waals surface area contributed by atoms with Gasteiger partial charge in [-0.05, 0) is 19.3 Å². The first-order valence-electron chi connectivity index (χ1n) is 5.64. The van der Waals surface area contributed by atoms with E-state index in [1.807, 2.05) is 0 Å². The summed E-state index contributed by atoms with van der Waals surface area (Å²) in [5.74, 6) is 0.986. The van der Waals surface area contributed by atoms with Crippen LogP contribution < -0.4 is 10.6 Å². The molecule has 1 aromatic rings. The minimum atomic E-state index is 0.479. The molecule has 2 N–H and O–H groups in total. The molecule has 2 rings (SSSR count). The van der Waals surface area contributed by atoms with Gasteiger partial charge in [0.2, 0.25) is 5.13 Å². The van der Waals surface area contributed by atoms with Crippen molar-refractivity contribution >= 4 is 16.7 Å². The van der Waals surface area contributed by atoms with Gasteiger partial charge in [-0.1, -0.05) is 6.92 Å². The number of nitrogens with zero attached hydrogens (tertiary/aromatic N) is 3. The van der Waals surface area contributed by atoms with Gasteiger partial charge in [0.15, 0.2) is 0 Å². The molecule has 15 heavy (non-hydrogen) atoms. The van der Waals surface area contributed by atoms with Gasteiger partial charge in [-0.15, -0.1) is 0 Å².